The summed E-state index contributed by atoms with van der Waals surface area (Å²) in [6.07, 6.45) is 2.02. The van der Waals surface area contributed by atoms with Gasteiger partial charge < -0.3 is 5.32 Å². The van der Waals surface area contributed by atoms with E-state index in [0.717, 1.165) is 29.8 Å². The van der Waals surface area contributed by atoms with E-state index in [2.05, 4.69) is 10.4 Å². The van der Waals surface area contributed by atoms with Gasteiger partial charge in [0.25, 0.3) is 0 Å². The molecule has 132 valence electrons. The van der Waals surface area contributed by atoms with Gasteiger partial charge in [-0.15, -0.1) is 5.10 Å². The average molecular weight is 370 g/mol. The minimum atomic E-state index is -0.310. The third kappa shape index (κ3) is 2.99. The smallest absolute Gasteiger partial charge is 0.168 e. The van der Waals surface area contributed by atoms with Gasteiger partial charge >= 0.3 is 0 Å². The normalized spacial score (nSPS) is 13.6. The summed E-state index contributed by atoms with van der Waals surface area (Å²) in [7, 11) is 0. The summed E-state index contributed by atoms with van der Waals surface area (Å²) < 4.78 is 15.0. The van der Waals surface area contributed by atoms with Crippen molar-refractivity contribution in [3.63, 3.8) is 0 Å². The fraction of sp³-hybridized carbons (Fsp3) is 0.200. The molecular weight excluding hydrogens is 353 g/mol. The number of nitrogens with zero attached hydrogens (tertiary/aromatic N) is 2. The number of hydrogen-bond donors (Lipinski definition) is 1. The van der Waals surface area contributed by atoms with Crippen LogP contribution < -0.4 is 5.32 Å². The maximum absolute atomic E-state index is 13.3. The van der Waals surface area contributed by atoms with Gasteiger partial charge in [-0.1, -0.05) is 17.7 Å². The first-order valence-electron chi connectivity index (χ1n) is 8.47. The zero-order chi connectivity index (χ0) is 18.3. The number of aryl methyl sites for hydroxylation is 1. The Morgan fingerprint density at radius 3 is 2.65 bits per heavy atom. The van der Waals surface area contributed by atoms with E-state index in [1.165, 1.54) is 12.1 Å². The number of hydrogen-bond acceptors (Lipinski definition) is 3. The molecule has 6 heteroatoms. The van der Waals surface area contributed by atoms with Crippen LogP contribution in [0.4, 0.5) is 15.9 Å². The highest BCUT2D eigenvalue weighted by atomic mass is 35.5. The van der Waals surface area contributed by atoms with Crippen molar-refractivity contribution < 1.29 is 9.18 Å². The van der Waals surface area contributed by atoms with E-state index in [-0.39, 0.29) is 11.6 Å². The van der Waals surface area contributed by atoms with Crippen LogP contribution in [0.2, 0.25) is 5.02 Å². The van der Waals surface area contributed by atoms with Crippen LogP contribution in [0.15, 0.2) is 42.5 Å². The first-order chi connectivity index (χ1) is 12.5. The Balaban J connectivity index is 1.82. The van der Waals surface area contributed by atoms with Gasteiger partial charge in [-0.3, -0.25) is 4.79 Å². The molecule has 1 heterocycles. The fourth-order valence-corrected chi connectivity index (χ4v) is 3.53. The number of benzene rings is 2. The van der Waals surface area contributed by atoms with Gasteiger partial charge in [-0.25, -0.2) is 9.07 Å². The predicted octanol–water partition coefficient (Wildman–Crippen LogP) is 5.24. The highest BCUT2D eigenvalue weighted by molar-refractivity contribution is 6.33. The summed E-state index contributed by atoms with van der Waals surface area (Å²) in [5.74, 6) is 0.237. The molecule has 0 unspecified atom stereocenters. The lowest BCUT2D eigenvalue weighted by molar-refractivity contribution is 0.0973. The second-order valence-electron chi connectivity index (χ2n) is 6.44. The van der Waals surface area contributed by atoms with Gasteiger partial charge in [0.15, 0.2) is 11.6 Å². The first kappa shape index (κ1) is 16.8. The molecule has 0 fully saturated rings. The number of nitrogens with one attached hydrogen (secondary N) is 1. The topological polar surface area (TPSA) is 46.9 Å². The molecule has 1 N–H and O–H groups in total. The number of fused-ring (bicyclic) bond motifs is 1. The molecule has 1 aromatic heterocycles. The van der Waals surface area contributed by atoms with E-state index < -0.39 is 0 Å². The number of Topliss-reactive ketones (excluding diaryl/α,β-unsaturated/α-hetero) is 1. The molecule has 4 nitrogen and oxygen atoms in total. The van der Waals surface area contributed by atoms with Gasteiger partial charge in [0.05, 0.1) is 27.7 Å². The Kier molecular flexibility index (Phi) is 4.24. The van der Waals surface area contributed by atoms with Crippen LogP contribution in [-0.4, -0.2) is 15.6 Å². The summed E-state index contributed by atoms with van der Waals surface area (Å²) in [6, 6.07) is 11.8. The molecule has 4 rings (SSSR count). The summed E-state index contributed by atoms with van der Waals surface area (Å²) in [4.78, 5) is 12.5. The van der Waals surface area contributed by atoms with E-state index in [4.69, 9.17) is 11.6 Å². The lowest BCUT2D eigenvalue weighted by Gasteiger charge is -2.14. The van der Waals surface area contributed by atoms with Crippen LogP contribution >= 0.6 is 11.6 Å². The second-order valence-corrected chi connectivity index (χ2v) is 6.85. The Hall–Kier alpha value is -2.66. The van der Waals surface area contributed by atoms with Gasteiger partial charge in [-0.05, 0) is 61.7 Å². The van der Waals surface area contributed by atoms with Crippen LogP contribution in [0.1, 0.15) is 34.5 Å². The second kappa shape index (κ2) is 6.57. The maximum Gasteiger partial charge on any atom is 0.168 e. The van der Waals surface area contributed by atoms with Crippen molar-refractivity contribution in [2.45, 2.75) is 26.2 Å². The first-order valence-corrected chi connectivity index (χ1v) is 8.85. The van der Waals surface area contributed by atoms with Crippen LogP contribution in [0.3, 0.4) is 0 Å². The van der Waals surface area contributed by atoms with Gasteiger partial charge in [-0.2, -0.15) is 0 Å². The number of carbonyl (C=O) groups excluding carboxylic acids is 1. The number of rotatable bonds is 3. The van der Waals surface area contributed by atoms with E-state index in [1.54, 1.807) is 16.8 Å². The lowest BCUT2D eigenvalue weighted by atomic mass is 9.95. The number of ketones is 1. The SMILES string of the molecule is Cc1ccc(Nc2nn(-c3ccc(F)cc3)c3c2C(=O)CCC3)c(Cl)c1. The third-order valence-corrected chi connectivity index (χ3v) is 4.84. The summed E-state index contributed by atoms with van der Waals surface area (Å²) in [6.45, 7) is 1.96. The Morgan fingerprint density at radius 2 is 1.92 bits per heavy atom. The third-order valence-electron chi connectivity index (χ3n) is 4.53. The van der Waals surface area contributed by atoms with Crippen LogP contribution in [0.5, 0.6) is 0 Å². The van der Waals surface area contributed by atoms with Gasteiger partial charge in [0.2, 0.25) is 0 Å². The van der Waals surface area contributed by atoms with Crippen LogP contribution in [0.25, 0.3) is 5.69 Å². The molecule has 0 amide bonds. The number of carbonyl (C=O) groups is 1. The van der Waals surface area contributed by atoms with Crippen molar-refractivity contribution in [2.75, 3.05) is 5.32 Å². The molecule has 2 aromatic carbocycles. The van der Waals surface area contributed by atoms with Crippen molar-refractivity contribution in [3.8, 4) is 5.69 Å². The number of anilines is 2. The Morgan fingerprint density at radius 1 is 1.15 bits per heavy atom. The van der Waals surface area contributed by atoms with Crippen molar-refractivity contribution >= 4 is 28.9 Å². The fourth-order valence-electron chi connectivity index (χ4n) is 3.25. The van der Waals surface area contributed by atoms with Crippen molar-refractivity contribution in [1.29, 1.82) is 0 Å². The molecule has 0 radical (unpaired) electrons. The van der Waals surface area contributed by atoms with E-state index in [1.807, 2.05) is 25.1 Å². The highest BCUT2D eigenvalue weighted by Gasteiger charge is 2.28. The molecular formula is C20H17ClFN3O. The number of aromatic nitrogens is 2. The molecule has 3 aromatic rings. The van der Waals surface area contributed by atoms with Crippen molar-refractivity contribution in [1.82, 2.24) is 9.78 Å². The average Bonchev–Trinajstić information content (AvgIpc) is 2.98. The highest BCUT2D eigenvalue weighted by Crippen LogP contribution is 2.33. The molecule has 0 saturated heterocycles. The van der Waals surface area contributed by atoms with Gasteiger partial charge in [0, 0.05) is 6.42 Å². The molecule has 0 saturated carbocycles. The summed E-state index contributed by atoms with van der Waals surface area (Å²) in [5.41, 5.74) is 3.91. The van der Waals surface area contributed by atoms with Crippen molar-refractivity contribution in [3.05, 3.63) is 70.1 Å². The Bertz CT molecular complexity index is 995. The molecule has 1 aliphatic carbocycles. The molecule has 0 atom stereocenters. The zero-order valence-corrected chi connectivity index (χ0v) is 15.0. The molecule has 26 heavy (non-hydrogen) atoms. The Labute approximate surface area is 155 Å². The molecule has 0 spiro atoms. The standard InChI is InChI=1S/C20H17ClFN3O/c1-12-5-10-16(15(21)11-12)23-20-19-17(3-2-4-18(19)26)25(24-20)14-8-6-13(22)7-9-14/h5-11H,2-4H2,1H3,(H,23,24). The molecule has 0 bridgehead atoms. The van der Waals surface area contributed by atoms with E-state index in [9.17, 15) is 9.18 Å². The van der Waals surface area contributed by atoms with E-state index in [0.29, 0.717) is 28.5 Å². The van der Waals surface area contributed by atoms with Gasteiger partial charge in [0.1, 0.15) is 5.82 Å². The minimum Gasteiger partial charge on any atom is -0.337 e. The monoisotopic (exact) mass is 369 g/mol. The molecule has 1 aliphatic rings. The quantitative estimate of drug-likeness (QED) is 0.687. The maximum atomic E-state index is 13.3. The lowest BCUT2D eigenvalue weighted by Crippen LogP contribution is -2.13. The summed E-state index contributed by atoms with van der Waals surface area (Å²) >= 11 is 6.32. The largest absolute Gasteiger partial charge is 0.337 e. The van der Waals surface area contributed by atoms with Crippen molar-refractivity contribution in [2.24, 2.45) is 0 Å². The minimum absolute atomic E-state index is 0.0605. The number of halogens is 2. The predicted molar refractivity (Wildman–Crippen MR) is 100 cm³/mol. The molecule has 0 aliphatic heterocycles. The summed E-state index contributed by atoms with van der Waals surface area (Å²) in [5, 5.41) is 8.37. The van der Waals surface area contributed by atoms with Crippen LogP contribution in [0, 0.1) is 12.7 Å². The van der Waals surface area contributed by atoms with Crippen LogP contribution in [-0.2, 0) is 6.42 Å². The zero-order valence-electron chi connectivity index (χ0n) is 14.2. The van der Waals surface area contributed by atoms with E-state index >= 15 is 0 Å².